The van der Waals surface area contributed by atoms with Gasteiger partial charge in [0.15, 0.2) is 0 Å². The topological polar surface area (TPSA) is 32.3 Å². The molecule has 0 amide bonds. The molecule has 0 aliphatic carbocycles. The molecule has 5 heteroatoms. The normalized spacial score (nSPS) is 10.4. The van der Waals surface area contributed by atoms with Gasteiger partial charge in [-0.1, -0.05) is 29.3 Å². The zero-order valence-corrected chi connectivity index (χ0v) is 10.8. The Hall–Kier alpha value is -1.45. The first-order valence-electron chi connectivity index (χ1n) is 5.23. The summed E-state index contributed by atoms with van der Waals surface area (Å²) in [5.41, 5.74) is 0.826. The van der Waals surface area contributed by atoms with Gasteiger partial charge in [-0.3, -0.25) is 0 Å². The predicted molar refractivity (Wildman–Crippen MR) is 71.9 cm³/mol. The SMILES string of the molecule is Oc1cccc(Cl)c1CNc1ccc(Cl)cc1F. The molecular weight excluding hydrogens is 276 g/mol. The molecule has 0 fully saturated rings. The Balaban J connectivity index is 2.16. The van der Waals surface area contributed by atoms with Crippen LogP contribution >= 0.6 is 23.2 Å². The number of phenolic OH excluding ortho intramolecular Hbond substituents is 1. The summed E-state index contributed by atoms with van der Waals surface area (Å²) in [4.78, 5) is 0. The quantitative estimate of drug-likeness (QED) is 0.873. The predicted octanol–water partition coefficient (Wildman–Crippen LogP) is 4.45. The van der Waals surface area contributed by atoms with Crippen LogP contribution in [-0.2, 0) is 6.54 Å². The van der Waals surface area contributed by atoms with Gasteiger partial charge in [0, 0.05) is 22.2 Å². The maximum Gasteiger partial charge on any atom is 0.147 e. The van der Waals surface area contributed by atoms with Crippen LogP contribution in [0.2, 0.25) is 10.0 Å². The summed E-state index contributed by atoms with van der Waals surface area (Å²) in [6.07, 6.45) is 0. The molecule has 2 rings (SSSR count). The molecule has 0 aliphatic rings. The minimum absolute atomic E-state index is 0.0735. The van der Waals surface area contributed by atoms with E-state index in [4.69, 9.17) is 23.2 Å². The van der Waals surface area contributed by atoms with Gasteiger partial charge in [-0.2, -0.15) is 0 Å². The van der Waals surface area contributed by atoms with Gasteiger partial charge in [0.1, 0.15) is 11.6 Å². The van der Waals surface area contributed by atoms with Gasteiger partial charge in [-0.15, -0.1) is 0 Å². The lowest BCUT2D eigenvalue weighted by atomic mass is 10.2. The van der Waals surface area contributed by atoms with Crippen molar-refractivity contribution >= 4 is 28.9 Å². The van der Waals surface area contributed by atoms with Crippen molar-refractivity contribution in [3.63, 3.8) is 0 Å². The van der Waals surface area contributed by atoms with Crippen LogP contribution < -0.4 is 5.32 Å². The van der Waals surface area contributed by atoms with Crippen LogP contribution in [0.5, 0.6) is 5.75 Å². The van der Waals surface area contributed by atoms with Gasteiger partial charge in [0.2, 0.25) is 0 Å². The molecule has 0 aromatic heterocycles. The summed E-state index contributed by atoms with van der Waals surface area (Å²) in [6, 6.07) is 9.17. The maximum absolute atomic E-state index is 13.5. The van der Waals surface area contributed by atoms with Gasteiger partial charge in [0.25, 0.3) is 0 Å². The molecule has 0 unspecified atom stereocenters. The zero-order chi connectivity index (χ0) is 13.1. The van der Waals surface area contributed by atoms with Crippen molar-refractivity contribution in [3.05, 3.63) is 57.8 Å². The number of rotatable bonds is 3. The van der Waals surface area contributed by atoms with Gasteiger partial charge in [-0.05, 0) is 30.3 Å². The monoisotopic (exact) mass is 285 g/mol. The van der Waals surface area contributed by atoms with Crippen molar-refractivity contribution in [1.82, 2.24) is 0 Å². The number of halogens is 3. The van der Waals surface area contributed by atoms with E-state index >= 15 is 0 Å². The molecule has 2 aromatic carbocycles. The molecule has 18 heavy (non-hydrogen) atoms. The molecule has 0 atom stereocenters. The molecule has 0 heterocycles. The van der Waals surface area contributed by atoms with E-state index in [-0.39, 0.29) is 12.3 Å². The van der Waals surface area contributed by atoms with Crippen LogP contribution in [0.25, 0.3) is 0 Å². The average Bonchev–Trinajstić information content (AvgIpc) is 2.31. The standard InChI is InChI=1S/C13H10Cl2FNO/c14-8-4-5-12(11(16)6-8)17-7-9-10(15)2-1-3-13(9)18/h1-6,17-18H,7H2. The van der Waals surface area contributed by atoms with E-state index in [0.29, 0.717) is 21.3 Å². The molecule has 0 aliphatic heterocycles. The minimum Gasteiger partial charge on any atom is -0.508 e. The number of nitrogens with one attached hydrogen (secondary N) is 1. The molecule has 2 nitrogen and oxygen atoms in total. The highest BCUT2D eigenvalue weighted by Gasteiger charge is 2.07. The van der Waals surface area contributed by atoms with Gasteiger partial charge >= 0.3 is 0 Å². The lowest BCUT2D eigenvalue weighted by Crippen LogP contribution is -2.02. The number of aromatic hydroxyl groups is 1. The Labute approximate surface area is 114 Å². The van der Waals surface area contributed by atoms with Gasteiger partial charge in [0.05, 0.1) is 5.69 Å². The summed E-state index contributed by atoms with van der Waals surface area (Å²) < 4.78 is 13.5. The Bertz CT molecular complexity index is 555. The van der Waals surface area contributed by atoms with Gasteiger partial charge < -0.3 is 10.4 Å². The van der Waals surface area contributed by atoms with E-state index in [9.17, 15) is 9.50 Å². The third kappa shape index (κ3) is 2.86. The number of phenols is 1. The third-order valence-electron chi connectivity index (χ3n) is 2.48. The molecule has 0 radical (unpaired) electrons. The van der Waals surface area contributed by atoms with E-state index in [2.05, 4.69) is 5.32 Å². The molecular formula is C13H10Cl2FNO. The second-order valence-electron chi connectivity index (χ2n) is 3.72. The average molecular weight is 286 g/mol. The van der Waals surface area contributed by atoms with Crippen molar-refractivity contribution in [2.45, 2.75) is 6.54 Å². The summed E-state index contributed by atoms with van der Waals surface area (Å²) in [5.74, 6) is -0.376. The van der Waals surface area contributed by atoms with Crippen LogP contribution in [0.1, 0.15) is 5.56 Å². The molecule has 2 N–H and O–H groups in total. The van der Waals surface area contributed by atoms with E-state index in [1.54, 1.807) is 18.2 Å². The lowest BCUT2D eigenvalue weighted by Gasteiger charge is -2.10. The van der Waals surface area contributed by atoms with Crippen molar-refractivity contribution in [3.8, 4) is 5.75 Å². The summed E-state index contributed by atoms with van der Waals surface area (Å²) in [5, 5.41) is 13.3. The molecule has 0 saturated heterocycles. The Morgan fingerprint density at radius 1 is 1.17 bits per heavy atom. The van der Waals surface area contributed by atoms with E-state index in [1.165, 1.54) is 18.2 Å². The van der Waals surface area contributed by atoms with Crippen molar-refractivity contribution in [2.75, 3.05) is 5.32 Å². The molecule has 0 spiro atoms. The first-order chi connectivity index (χ1) is 8.58. The molecule has 0 saturated carbocycles. The van der Waals surface area contributed by atoms with E-state index in [1.807, 2.05) is 0 Å². The maximum atomic E-state index is 13.5. The first-order valence-corrected chi connectivity index (χ1v) is 5.99. The highest BCUT2D eigenvalue weighted by atomic mass is 35.5. The summed E-state index contributed by atoms with van der Waals surface area (Å²) >= 11 is 11.6. The third-order valence-corrected chi connectivity index (χ3v) is 3.07. The number of anilines is 1. The lowest BCUT2D eigenvalue weighted by molar-refractivity contribution is 0.469. The van der Waals surface area contributed by atoms with Crippen LogP contribution in [0, 0.1) is 5.82 Å². The Kier molecular flexibility index (Phi) is 3.94. The summed E-state index contributed by atoms with van der Waals surface area (Å²) in [6.45, 7) is 0.226. The van der Waals surface area contributed by atoms with Crippen LogP contribution in [-0.4, -0.2) is 5.11 Å². The Morgan fingerprint density at radius 2 is 1.94 bits per heavy atom. The van der Waals surface area contributed by atoms with Gasteiger partial charge in [-0.25, -0.2) is 4.39 Å². The van der Waals surface area contributed by atoms with Crippen LogP contribution in [0.15, 0.2) is 36.4 Å². The highest BCUT2D eigenvalue weighted by molar-refractivity contribution is 6.31. The minimum atomic E-state index is -0.450. The fraction of sp³-hybridized carbons (Fsp3) is 0.0769. The second kappa shape index (κ2) is 5.46. The van der Waals surface area contributed by atoms with Crippen LogP contribution in [0.4, 0.5) is 10.1 Å². The smallest absolute Gasteiger partial charge is 0.147 e. The zero-order valence-electron chi connectivity index (χ0n) is 9.25. The second-order valence-corrected chi connectivity index (χ2v) is 4.56. The Morgan fingerprint density at radius 3 is 2.61 bits per heavy atom. The first kappa shape index (κ1) is 13.0. The molecule has 0 bridgehead atoms. The fourth-order valence-corrected chi connectivity index (χ4v) is 1.93. The molecule has 94 valence electrons. The highest BCUT2D eigenvalue weighted by Crippen LogP contribution is 2.27. The number of benzene rings is 2. The van der Waals surface area contributed by atoms with E-state index < -0.39 is 5.82 Å². The number of hydrogen-bond acceptors (Lipinski definition) is 2. The fourth-order valence-electron chi connectivity index (χ4n) is 1.54. The van der Waals surface area contributed by atoms with Crippen molar-refractivity contribution in [1.29, 1.82) is 0 Å². The summed E-state index contributed by atoms with van der Waals surface area (Å²) in [7, 11) is 0. The van der Waals surface area contributed by atoms with E-state index in [0.717, 1.165) is 0 Å². The number of hydrogen-bond donors (Lipinski definition) is 2. The van der Waals surface area contributed by atoms with Crippen molar-refractivity contribution < 1.29 is 9.50 Å². The van der Waals surface area contributed by atoms with Crippen LogP contribution in [0.3, 0.4) is 0 Å². The van der Waals surface area contributed by atoms with Crippen molar-refractivity contribution in [2.24, 2.45) is 0 Å². The molecule has 2 aromatic rings. The largest absolute Gasteiger partial charge is 0.508 e.